The predicted molar refractivity (Wildman–Crippen MR) is 79.2 cm³/mol. The molecule has 0 aliphatic heterocycles. The van der Waals surface area contributed by atoms with Crippen LogP contribution in [0, 0.1) is 0 Å². The van der Waals surface area contributed by atoms with E-state index in [1.807, 2.05) is 12.1 Å². The van der Waals surface area contributed by atoms with Gasteiger partial charge in [0.05, 0.1) is 0 Å². The van der Waals surface area contributed by atoms with Crippen molar-refractivity contribution in [1.29, 1.82) is 0 Å². The highest BCUT2D eigenvalue weighted by Crippen LogP contribution is 2.17. The zero-order chi connectivity index (χ0) is 13.8. The average molecular weight is 342 g/mol. The third kappa shape index (κ3) is 3.66. The maximum Gasteiger partial charge on any atom is 0.255 e. The molecule has 0 fully saturated rings. The van der Waals surface area contributed by atoms with E-state index in [9.17, 15) is 4.79 Å². The SMILES string of the molecule is NNc1cc(C(=O)Nc2ccc(Br)cc2)cc(Cl)n1. The van der Waals surface area contributed by atoms with E-state index in [-0.39, 0.29) is 11.1 Å². The Morgan fingerprint density at radius 3 is 2.58 bits per heavy atom. The first-order valence-corrected chi connectivity index (χ1v) is 6.47. The van der Waals surface area contributed by atoms with E-state index in [4.69, 9.17) is 17.4 Å². The number of benzene rings is 1. The zero-order valence-corrected chi connectivity index (χ0v) is 12.0. The third-order valence-corrected chi connectivity index (χ3v) is 3.03. The molecule has 1 aromatic heterocycles. The quantitative estimate of drug-likeness (QED) is 0.455. The fourth-order valence-electron chi connectivity index (χ4n) is 1.44. The van der Waals surface area contributed by atoms with Gasteiger partial charge in [-0.15, -0.1) is 0 Å². The van der Waals surface area contributed by atoms with Crippen molar-refractivity contribution in [1.82, 2.24) is 4.98 Å². The van der Waals surface area contributed by atoms with Gasteiger partial charge >= 0.3 is 0 Å². The van der Waals surface area contributed by atoms with Crippen molar-refractivity contribution < 1.29 is 4.79 Å². The number of aromatic nitrogens is 1. The molecule has 2 aromatic rings. The summed E-state index contributed by atoms with van der Waals surface area (Å²) in [5, 5.41) is 2.94. The molecule has 0 atom stereocenters. The number of nitrogens with two attached hydrogens (primary N) is 1. The van der Waals surface area contributed by atoms with Gasteiger partial charge in [0.15, 0.2) is 0 Å². The number of hydrogen-bond acceptors (Lipinski definition) is 4. The highest BCUT2D eigenvalue weighted by Gasteiger charge is 2.09. The maximum absolute atomic E-state index is 12.0. The lowest BCUT2D eigenvalue weighted by molar-refractivity contribution is 0.102. The molecular formula is C12H10BrClN4O. The predicted octanol–water partition coefficient (Wildman–Crippen LogP) is 3.04. The van der Waals surface area contributed by atoms with Crippen LogP contribution in [0.1, 0.15) is 10.4 Å². The molecule has 5 nitrogen and oxygen atoms in total. The van der Waals surface area contributed by atoms with Gasteiger partial charge in [0, 0.05) is 15.7 Å². The van der Waals surface area contributed by atoms with Crippen LogP contribution in [0.5, 0.6) is 0 Å². The number of amides is 1. The van der Waals surface area contributed by atoms with E-state index in [0.29, 0.717) is 17.1 Å². The monoisotopic (exact) mass is 340 g/mol. The Bertz CT molecular complexity index is 603. The summed E-state index contributed by atoms with van der Waals surface area (Å²) >= 11 is 9.13. The summed E-state index contributed by atoms with van der Waals surface area (Å²) < 4.78 is 0.937. The van der Waals surface area contributed by atoms with Crippen molar-refractivity contribution in [3.05, 3.63) is 51.6 Å². The minimum absolute atomic E-state index is 0.191. The van der Waals surface area contributed by atoms with Crippen molar-refractivity contribution in [2.75, 3.05) is 10.7 Å². The molecule has 1 aromatic carbocycles. The van der Waals surface area contributed by atoms with Crippen LogP contribution in [-0.2, 0) is 0 Å². The molecule has 0 spiro atoms. The van der Waals surface area contributed by atoms with E-state index >= 15 is 0 Å². The Labute approximate surface area is 123 Å². The average Bonchev–Trinajstić information content (AvgIpc) is 2.40. The highest BCUT2D eigenvalue weighted by atomic mass is 79.9. The fraction of sp³-hybridized carbons (Fsp3) is 0. The molecule has 1 amide bonds. The summed E-state index contributed by atoms with van der Waals surface area (Å²) in [6, 6.07) is 10.2. The van der Waals surface area contributed by atoms with Gasteiger partial charge in [0.1, 0.15) is 11.0 Å². The largest absolute Gasteiger partial charge is 0.322 e. The molecular weight excluding hydrogens is 332 g/mol. The summed E-state index contributed by atoms with van der Waals surface area (Å²) in [5.74, 6) is 5.29. The lowest BCUT2D eigenvalue weighted by Crippen LogP contribution is -2.14. The minimum Gasteiger partial charge on any atom is -0.322 e. The lowest BCUT2D eigenvalue weighted by Gasteiger charge is -2.07. The van der Waals surface area contributed by atoms with Crippen molar-refractivity contribution >= 4 is 44.9 Å². The number of hydrazine groups is 1. The van der Waals surface area contributed by atoms with Crippen LogP contribution in [0.25, 0.3) is 0 Å². The standard InChI is InChI=1S/C12H10BrClN4O/c13-8-1-3-9(4-2-8)16-12(19)7-5-10(14)17-11(6-7)18-15/h1-6H,15H2,(H,16,19)(H,17,18). The third-order valence-electron chi connectivity index (χ3n) is 2.31. The number of rotatable bonds is 3. The normalized spacial score (nSPS) is 10.1. The second kappa shape index (κ2) is 6.01. The Morgan fingerprint density at radius 1 is 1.26 bits per heavy atom. The van der Waals surface area contributed by atoms with Gasteiger partial charge < -0.3 is 10.7 Å². The van der Waals surface area contributed by atoms with Crippen LogP contribution in [0.2, 0.25) is 5.15 Å². The highest BCUT2D eigenvalue weighted by molar-refractivity contribution is 9.10. The van der Waals surface area contributed by atoms with Crippen LogP contribution in [0.3, 0.4) is 0 Å². The Morgan fingerprint density at radius 2 is 1.95 bits per heavy atom. The minimum atomic E-state index is -0.289. The summed E-state index contributed by atoms with van der Waals surface area (Å²) in [6.45, 7) is 0. The van der Waals surface area contributed by atoms with E-state index in [0.717, 1.165) is 4.47 Å². The van der Waals surface area contributed by atoms with Gasteiger partial charge in [-0.3, -0.25) is 4.79 Å². The topological polar surface area (TPSA) is 80.0 Å². The van der Waals surface area contributed by atoms with Crippen LogP contribution < -0.4 is 16.6 Å². The fourth-order valence-corrected chi connectivity index (χ4v) is 1.91. The van der Waals surface area contributed by atoms with Gasteiger partial charge in [0.2, 0.25) is 0 Å². The number of nitrogen functional groups attached to an aromatic ring is 1. The lowest BCUT2D eigenvalue weighted by atomic mass is 10.2. The Hall–Kier alpha value is -1.63. The first-order chi connectivity index (χ1) is 9.08. The van der Waals surface area contributed by atoms with E-state index in [1.165, 1.54) is 12.1 Å². The molecule has 1 heterocycles. The molecule has 0 unspecified atom stereocenters. The number of halogens is 2. The second-order valence-corrected chi connectivity index (χ2v) is 4.97. The summed E-state index contributed by atoms with van der Waals surface area (Å²) in [4.78, 5) is 15.9. The van der Waals surface area contributed by atoms with Crippen LogP contribution in [0.4, 0.5) is 11.5 Å². The van der Waals surface area contributed by atoms with Crippen LogP contribution in [-0.4, -0.2) is 10.9 Å². The molecule has 7 heteroatoms. The number of nitrogens with zero attached hydrogens (tertiary/aromatic N) is 1. The first kappa shape index (κ1) is 13.8. The summed E-state index contributed by atoms with van der Waals surface area (Å²) in [5.41, 5.74) is 3.41. The number of hydrogen-bond donors (Lipinski definition) is 3. The zero-order valence-electron chi connectivity index (χ0n) is 9.65. The summed E-state index contributed by atoms with van der Waals surface area (Å²) in [7, 11) is 0. The van der Waals surface area contributed by atoms with Gasteiger partial charge in [-0.25, -0.2) is 10.8 Å². The molecule has 98 valence electrons. The van der Waals surface area contributed by atoms with Gasteiger partial charge in [-0.2, -0.15) is 0 Å². The molecule has 0 aliphatic rings. The molecule has 0 aliphatic carbocycles. The molecule has 0 radical (unpaired) electrons. The number of nitrogens with one attached hydrogen (secondary N) is 2. The van der Waals surface area contributed by atoms with Crippen molar-refractivity contribution in [2.24, 2.45) is 5.84 Å². The van der Waals surface area contributed by atoms with Gasteiger partial charge in [0.25, 0.3) is 5.91 Å². The second-order valence-electron chi connectivity index (χ2n) is 3.67. The van der Waals surface area contributed by atoms with Gasteiger partial charge in [-0.1, -0.05) is 27.5 Å². The Balaban J connectivity index is 2.20. The van der Waals surface area contributed by atoms with E-state index in [2.05, 4.69) is 31.7 Å². The number of pyridine rings is 1. The number of anilines is 2. The molecule has 0 saturated heterocycles. The molecule has 0 saturated carbocycles. The molecule has 2 rings (SSSR count). The van der Waals surface area contributed by atoms with Crippen molar-refractivity contribution in [3.63, 3.8) is 0 Å². The number of carbonyl (C=O) groups is 1. The molecule has 0 bridgehead atoms. The van der Waals surface area contributed by atoms with Crippen molar-refractivity contribution in [2.45, 2.75) is 0 Å². The van der Waals surface area contributed by atoms with E-state index < -0.39 is 0 Å². The van der Waals surface area contributed by atoms with Crippen molar-refractivity contribution in [3.8, 4) is 0 Å². The Kier molecular flexibility index (Phi) is 4.36. The summed E-state index contributed by atoms with van der Waals surface area (Å²) in [6.07, 6.45) is 0. The number of carbonyl (C=O) groups excluding carboxylic acids is 1. The van der Waals surface area contributed by atoms with Crippen LogP contribution in [0.15, 0.2) is 40.9 Å². The van der Waals surface area contributed by atoms with E-state index in [1.54, 1.807) is 12.1 Å². The molecule has 19 heavy (non-hydrogen) atoms. The molecule has 4 N–H and O–H groups in total. The first-order valence-electron chi connectivity index (χ1n) is 5.29. The van der Waals surface area contributed by atoms with Crippen LogP contribution >= 0.6 is 27.5 Å². The van der Waals surface area contributed by atoms with Gasteiger partial charge in [-0.05, 0) is 36.4 Å². The smallest absolute Gasteiger partial charge is 0.255 e. The maximum atomic E-state index is 12.0.